The van der Waals surface area contributed by atoms with Gasteiger partial charge < -0.3 is 20.1 Å². The van der Waals surface area contributed by atoms with Crippen LogP contribution in [0, 0.1) is 11.3 Å². The summed E-state index contributed by atoms with van der Waals surface area (Å²) >= 11 is 0. The largest absolute Gasteiger partial charge is 0.468 e. The second-order valence-corrected chi connectivity index (χ2v) is 7.78. The molecule has 24 heavy (non-hydrogen) atoms. The van der Waals surface area contributed by atoms with Gasteiger partial charge in [0.05, 0.1) is 19.8 Å². The molecule has 1 amide bonds. The lowest BCUT2D eigenvalue weighted by Crippen LogP contribution is -2.82. The van der Waals surface area contributed by atoms with Gasteiger partial charge >= 0.3 is 5.97 Å². The Labute approximate surface area is 143 Å². The van der Waals surface area contributed by atoms with Crippen LogP contribution in [0.5, 0.6) is 0 Å². The highest BCUT2D eigenvalue weighted by molar-refractivity contribution is 5.89. The molecular weight excluding hydrogens is 310 g/mol. The van der Waals surface area contributed by atoms with E-state index in [9.17, 15) is 9.59 Å². The van der Waals surface area contributed by atoms with Crippen LogP contribution < -0.4 is 5.73 Å². The molecule has 2 saturated heterocycles. The number of piperazine rings is 1. The fourth-order valence-electron chi connectivity index (χ4n) is 4.63. The molecule has 2 aliphatic heterocycles. The van der Waals surface area contributed by atoms with Crippen LogP contribution in [0.15, 0.2) is 0 Å². The Hall–Kier alpha value is -1.18. The van der Waals surface area contributed by atoms with Gasteiger partial charge in [0.1, 0.15) is 5.54 Å². The number of rotatable bonds is 3. The predicted molar refractivity (Wildman–Crippen MR) is 88.2 cm³/mol. The highest BCUT2D eigenvalue weighted by Crippen LogP contribution is 2.57. The number of nitrogens with two attached hydrogens (primary N) is 1. The average molecular weight is 339 g/mol. The standard InChI is InChI=1S/C17H29N3O4/c1-16(2)14-12(5-4-10-24-14)17(16,18)15(22)20-8-6-19(7-9-20)11-13(21)23-3/h12,14H,4-11,18H2,1-3H3. The molecule has 0 aromatic heterocycles. The third-order valence-electron chi connectivity index (χ3n) is 6.28. The van der Waals surface area contributed by atoms with Crippen molar-refractivity contribution in [3.63, 3.8) is 0 Å². The normalized spacial score (nSPS) is 35.8. The summed E-state index contributed by atoms with van der Waals surface area (Å²) in [5.41, 5.74) is 5.49. The maximum absolute atomic E-state index is 13.2. The molecule has 3 atom stereocenters. The van der Waals surface area contributed by atoms with Crippen LogP contribution in [-0.2, 0) is 19.1 Å². The number of carbonyl (C=O) groups excluding carboxylic acids is 2. The highest BCUT2D eigenvalue weighted by atomic mass is 16.5. The molecule has 0 aromatic carbocycles. The Morgan fingerprint density at radius 2 is 1.92 bits per heavy atom. The summed E-state index contributed by atoms with van der Waals surface area (Å²) in [6.07, 6.45) is 2.01. The fraction of sp³-hybridized carbons (Fsp3) is 0.882. The summed E-state index contributed by atoms with van der Waals surface area (Å²) in [5.74, 6) is -0.0915. The summed E-state index contributed by atoms with van der Waals surface area (Å²) in [4.78, 5) is 28.4. The number of fused-ring (bicyclic) bond motifs is 1. The monoisotopic (exact) mass is 339 g/mol. The molecule has 1 aliphatic carbocycles. The maximum atomic E-state index is 13.2. The van der Waals surface area contributed by atoms with Crippen LogP contribution in [0.2, 0.25) is 0 Å². The SMILES string of the molecule is COC(=O)CN1CCN(C(=O)C2(N)C3CCCOC3C2(C)C)CC1. The van der Waals surface area contributed by atoms with Crippen molar-refractivity contribution in [3.8, 4) is 0 Å². The molecule has 7 heteroatoms. The van der Waals surface area contributed by atoms with Gasteiger partial charge in [0, 0.05) is 44.1 Å². The first-order valence-corrected chi connectivity index (χ1v) is 8.81. The lowest BCUT2D eigenvalue weighted by molar-refractivity contribution is -0.230. The van der Waals surface area contributed by atoms with Gasteiger partial charge in [0.25, 0.3) is 0 Å². The van der Waals surface area contributed by atoms with Crippen LogP contribution in [0.4, 0.5) is 0 Å². The number of amides is 1. The van der Waals surface area contributed by atoms with Crippen molar-refractivity contribution in [2.24, 2.45) is 17.1 Å². The molecule has 3 unspecified atom stereocenters. The van der Waals surface area contributed by atoms with Crippen LogP contribution in [0.1, 0.15) is 26.7 Å². The predicted octanol–water partition coefficient (Wildman–Crippen LogP) is -0.164. The van der Waals surface area contributed by atoms with E-state index in [0.29, 0.717) is 26.2 Å². The zero-order valence-electron chi connectivity index (χ0n) is 14.9. The van der Waals surface area contributed by atoms with Crippen LogP contribution in [0.3, 0.4) is 0 Å². The van der Waals surface area contributed by atoms with Crippen molar-refractivity contribution in [2.75, 3.05) is 46.4 Å². The summed E-state index contributed by atoms with van der Waals surface area (Å²) in [6, 6.07) is 0. The van der Waals surface area contributed by atoms with Crippen molar-refractivity contribution < 1.29 is 19.1 Å². The van der Waals surface area contributed by atoms with Gasteiger partial charge in [0.2, 0.25) is 5.91 Å². The lowest BCUT2D eigenvalue weighted by Gasteiger charge is -2.66. The van der Waals surface area contributed by atoms with E-state index >= 15 is 0 Å². The van der Waals surface area contributed by atoms with E-state index in [1.165, 1.54) is 7.11 Å². The van der Waals surface area contributed by atoms with E-state index in [2.05, 4.69) is 0 Å². The van der Waals surface area contributed by atoms with Gasteiger partial charge in [-0.3, -0.25) is 14.5 Å². The zero-order valence-corrected chi connectivity index (χ0v) is 14.9. The van der Waals surface area contributed by atoms with Crippen LogP contribution in [0.25, 0.3) is 0 Å². The number of carbonyl (C=O) groups is 2. The molecular formula is C17H29N3O4. The first kappa shape index (κ1) is 17.6. The summed E-state index contributed by atoms with van der Waals surface area (Å²) in [6.45, 7) is 7.67. The molecule has 0 radical (unpaired) electrons. The Bertz CT molecular complexity index is 516. The molecule has 3 aliphatic rings. The number of nitrogens with zero attached hydrogens (tertiary/aromatic N) is 2. The van der Waals surface area contributed by atoms with Gasteiger partial charge in [-0.05, 0) is 12.8 Å². The van der Waals surface area contributed by atoms with Gasteiger partial charge in [-0.25, -0.2) is 0 Å². The van der Waals surface area contributed by atoms with E-state index < -0.39 is 5.54 Å². The van der Waals surface area contributed by atoms with E-state index in [-0.39, 0.29) is 35.9 Å². The van der Waals surface area contributed by atoms with Gasteiger partial charge in [0.15, 0.2) is 0 Å². The summed E-state index contributed by atoms with van der Waals surface area (Å²) in [7, 11) is 1.39. The first-order chi connectivity index (χ1) is 11.3. The van der Waals surface area contributed by atoms with Crippen LogP contribution in [-0.4, -0.2) is 79.8 Å². The molecule has 3 rings (SSSR count). The fourth-order valence-corrected chi connectivity index (χ4v) is 4.63. The number of methoxy groups -OCH3 is 1. The Morgan fingerprint density at radius 1 is 1.25 bits per heavy atom. The Kier molecular flexibility index (Phi) is 4.61. The summed E-state index contributed by atoms with van der Waals surface area (Å²) < 4.78 is 10.6. The molecule has 7 nitrogen and oxygen atoms in total. The molecule has 3 fully saturated rings. The number of esters is 1. The maximum Gasteiger partial charge on any atom is 0.319 e. The van der Waals surface area contributed by atoms with Crippen molar-refractivity contribution in [1.82, 2.24) is 9.80 Å². The van der Waals surface area contributed by atoms with E-state index in [1.54, 1.807) is 0 Å². The Morgan fingerprint density at radius 3 is 2.54 bits per heavy atom. The van der Waals surface area contributed by atoms with E-state index in [0.717, 1.165) is 19.4 Å². The average Bonchev–Trinajstić information content (AvgIpc) is 2.60. The molecule has 0 bridgehead atoms. The molecule has 0 spiro atoms. The van der Waals surface area contributed by atoms with Gasteiger partial charge in [-0.15, -0.1) is 0 Å². The number of ether oxygens (including phenoxy) is 2. The minimum absolute atomic E-state index is 0.0389. The molecule has 136 valence electrons. The van der Waals surface area contributed by atoms with E-state index in [4.69, 9.17) is 15.2 Å². The molecule has 2 N–H and O–H groups in total. The lowest BCUT2D eigenvalue weighted by atomic mass is 9.46. The highest BCUT2D eigenvalue weighted by Gasteiger charge is 2.70. The van der Waals surface area contributed by atoms with E-state index in [1.807, 2.05) is 23.6 Å². The zero-order chi connectivity index (χ0) is 17.5. The van der Waals surface area contributed by atoms with Gasteiger partial charge in [-0.1, -0.05) is 13.8 Å². The number of hydrogen-bond acceptors (Lipinski definition) is 6. The smallest absolute Gasteiger partial charge is 0.319 e. The van der Waals surface area contributed by atoms with Gasteiger partial charge in [-0.2, -0.15) is 0 Å². The third-order valence-corrected chi connectivity index (χ3v) is 6.28. The molecule has 2 heterocycles. The van der Waals surface area contributed by atoms with Crippen molar-refractivity contribution in [2.45, 2.75) is 38.3 Å². The topological polar surface area (TPSA) is 85.1 Å². The van der Waals surface area contributed by atoms with Crippen molar-refractivity contribution in [3.05, 3.63) is 0 Å². The first-order valence-electron chi connectivity index (χ1n) is 8.81. The second kappa shape index (κ2) is 6.28. The van der Waals surface area contributed by atoms with Crippen molar-refractivity contribution in [1.29, 1.82) is 0 Å². The minimum atomic E-state index is -0.845. The van der Waals surface area contributed by atoms with Crippen LogP contribution >= 0.6 is 0 Å². The quantitative estimate of drug-likeness (QED) is 0.719. The molecule has 1 saturated carbocycles. The third kappa shape index (κ3) is 2.53. The Balaban J connectivity index is 1.64. The molecule has 0 aromatic rings. The second-order valence-electron chi connectivity index (χ2n) is 7.78. The minimum Gasteiger partial charge on any atom is -0.468 e. The summed E-state index contributed by atoms with van der Waals surface area (Å²) in [5, 5.41) is 0. The number of hydrogen-bond donors (Lipinski definition) is 1. The van der Waals surface area contributed by atoms with Crippen molar-refractivity contribution >= 4 is 11.9 Å².